The summed E-state index contributed by atoms with van der Waals surface area (Å²) in [6.07, 6.45) is 3.09. The molecule has 0 spiro atoms. The van der Waals surface area contributed by atoms with Crippen LogP contribution in [0.25, 0.3) is 0 Å². The van der Waals surface area contributed by atoms with Crippen molar-refractivity contribution >= 4 is 37.7 Å². The average Bonchev–Trinajstić information content (AvgIpc) is 2.83. The zero-order valence-electron chi connectivity index (χ0n) is 21.9. The Morgan fingerprint density at radius 1 is 0.436 bits per heavy atom. The van der Waals surface area contributed by atoms with Crippen molar-refractivity contribution < 1.29 is 40.1 Å². The van der Waals surface area contributed by atoms with Gasteiger partial charge in [-0.15, -0.1) is 0 Å². The highest BCUT2D eigenvalue weighted by molar-refractivity contribution is 6.87. The molecule has 4 rings (SSSR count). The molecule has 1 aliphatic rings. The molecule has 0 amide bonds. The molecule has 0 N–H and O–H groups in total. The van der Waals surface area contributed by atoms with E-state index < -0.39 is 72.6 Å². The van der Waals surface area contributed by atoms with E-state index in [1.54, 1.807) is 0 Å². The van der Waals surface area contributed by atoms with Crippen molar-refractivity contribution in [3.63, 3.8) is 0 Å². The monoisotopic (exact) mass is 546 g/mol. The summed E-state index contributed by atoms with van der Waals surface area (Å²) in [5, 5.41) is 0. The smallest absolute Gasteiger partial charge is 0.444 e. The van der Waals surface area contributed by atoms with Crippen LogP contribution >= 0.6 is 0 Å². The summed E-state index contributed by atoms with van der Waals surface area (Å²) < 4.78 is 107. The Morgan fingerprint density at radius 2 is 0.641 bits per heavy atom. The number of rotatable bonds is 9. The van der Waals surface area contributed by atoms with E-state index in [1.807, 2.05) is 20.8 Å². The Morgan fingerprint density at radius 3 is 0.821 bits per heavy atom. The molecule has 1 saturated heterocycles. The van der Waals surface area contributed by atoms with Gasteiger partial charge in [0.2, 0.25) is 0 Å². The first-order chi connectivity index (χ1) is 18.7. The first-order valence-electron chi connectivity index (χ1n) is 13.1. The maximum Gasteiger partial charge on any atom is 0.473 e. The van der Waals surface area contributed by atoms with Crippen LogP contribution in [0, 0.1) is 34.9 Å². The van der Waals surface area contributed by atoms with Gasteiger partial charge >= 0.3 is 21.4 Å². The van der Waals surface area contributed by atoms with Gasteiger partial charge in [0.05, 0.1) is 16.4 Å². The van der Waals surface area contributed by atoms with E-state index in [0.717, 1.165) is 36.4 Å². The summed E-state index contributed by atoms with van der Waals surface area (Å²) >= 11 is 0. The number of benzene rings is 3. The first kappa shape index (κ1) is 29.3. The lowest BCUT2D eigenvalue weighted by atomic mass is 9.60. The topological polar surface area (TPSA) is 27.7 Å². The normalized spacial score (nSPS) is 13.9. The third-order valence-corrected chi connectivity index (χ3v) is 6.48. The van der Waals surface area contributed by atoms with E-state index >= 15 is 26.3 Å². The number of halogens is 6. The van der Waals surface area contributed by atoms with Crippen molar-refractivity contribution in [1.29, 1.82) is 0 Å². The van der Waals surface area contributed by atoms with Gasteiger partial charge in [-0.1, -0.05) is 40.0 Å². The van der Waals surface area contributed by atoms with Crippen LogP contribution in [0.15, 0.2) is 36.4 Å². The Hall–Kier alpha value is -2.69. The van der Waals surface area contributed by atoms with E-state index in [1.165, 1.54) is 0 Å². The van der Waals surface area contributed by atoms with Gasteiger partial charge in [0.15, 0.2) is 0 Å². The minimum Gasteiger partial charge on any atom is -0.444 e. The molecule has 204 valence electrons. The predicted octanol–water partition coefficient (Wildman–Crippen LogP) is 4.93. The summed E-state index contributed by atoms with van der Waals surface area (Å²) in [6, 6.07) is 6.56. The molecule has 1 heterocycles. The standard InChI is InChI=1S/C27H27B3F6O3/c1-4-7-16-10-19(31)25(20(32)11-16)28-37-29(26-21(33)12-17(8-5-2)13-22(26)34)39-30(38-28)27-23(35)14-18(9-6-3)15-24(27)36/h10-15H,4-9H2,1-3H3. The van der Waals surface area contributed by atoms with Crippen LogP contribution in [0.3, 0.4) is 0 Å². The van der Waals surface area contributed by atoms with Crippen molar-refractivity contribution in [2.75, 3.05) is 0 Å². The molecule has 3 aromatic carbocycles. The second-order valence-corrected chi connectivity index (χ2v) is 9.57. The SMILES string of the molecule is CCCc1cc(F)c(B2OB(c3c(F)cc(CCC)cc3F)OB(c3c(F)cc(CCC)cc3F)O2)c(F)c1. The zero-order chi connectivity index (χ0) is 28.3. The molecule has 39 heavy (non-hydrogen) atoms. The molecule has 0 aromatic heterocycles. The number of hydrogen-bond acceptors (Lipinski definition) is 3. The third-order valence-electron chi connectivity index (χ3n) is 6.48. The van der Waals surface area contributed by atoms with Gasteiger partial charge < -0.3 is 13.7 Å². The van der Waals surface area contributed by atoms with Crippen molar-refractivity contribution in [2.24, 2.45) is 0 Å². The molecule has 3 nitrogen and oxygen atoms in total. The fourth-order valence-electron chi connectivity index (χ4n) is 4.73. The van der Waals surface area contributed by atoms with Gasteiger partial charge in [-0.05, 0) is 72.4 Å². The Balaban J connectivity index is 1.81. The summed E-state index contributed by atoms with van der Waals surface area (Å²) in [6.45, 7) is 5.52. The minimum atomic E-state index is -1.94. The molecule has 0 unspecified atom stereocenters. The molecular formula is C27H27B3F6O3. The van der Waals surface area contributed by atoms with E-state index in [2.05, 4.69) is 0 Å². The van der Waals surface area contributed by atoms with Gasteiger partial charge in [0.25, 0.3) is 0 Å². The lowest BCUT2D eigenvalue weighted by Gasteiger charge is -2.32. The number of aryl methyl sites for hydroxylation is 3. The maximum absolute atomic E-state index is 15.1. The van der Waals surface area contributed by atoms with E-state index in [-0.39, 0.29) is 0 Å². The molecule has 0 atom stereocenters. The van der Waals surface area contributed by atoms with Crippen molar-refractivity contribution in [3.8, 4) is 0 Å². The molecule has 0 saturated carbocycles. The van der Waals surface area contributed by atoms with Crippen LogP contribution in [-0.2, 0) is 33.0 Å². The highest BCUT2D eigenvalue weighted by Crippen LogP contribution is 2.20. The summed E-state index contributed by atoms with van der Waals surface area (Å²) in [5.74, 6) is -6.24. The lowest BCUT2D eigenvalue weighted by Crippen LogP contribution is -2.64. The Kier molecular flexibility index (Phi) is 9.51. The largest absolute Gasteiger partial charge is 0.473 e. The van der Waals surface area contributed by atoms with E-state index in [9.17, 15) is 0 Å². The van der Waals surface area contributed by atoms with Crippen LogP contribution in [0.4, 0.5) is 26.3 Å². The van der Waals surface area contributed by atoms with Gasteiger partial charge in [0.1, 0.15) is 34.9 Å². The molecule has 3 aromatic rings. The third kappa shape index (κ3) is 6.39. The number of hydrogen-bond donors (Lipinski definition) is 0. The summed E-state index contributed by atoms with van der Waals surface area (Å²) in [7, 11) is -5.81. The average molecular weight is 546 g/mol. The first-order valence-corrected chi connectivity index (χ1v) is 13.1. The van der Waals surface area contributed by atoms with Gasteiger partial charge in [-0.2, -0.15) is 0 Å². The zero-order valence-corrected chi connectivity index (χ0v) is 21.9. The fraction of sp³-hybridized carbons (Fsp3) is 0.333. The summed E-state index contributed by atoms with van der Waals surface area (Å²) in [4.78, 5) is 0. The van der Waals surface area contributed by atoms with Crippen LogP contribution in [-0.4, -0.2) is 21.4 Å². The van der Waals surface area contributed by atoms with Crippen LogP contribution < -0.4 is 16.4 Å². The van der Waals surface area contributed by atoms with E-state index in [0.29, 0.717) is 55.2 Å². The van der Waals surface area contributed by atoms with Crippen molar-refractivity contribution in [2.45, 2.75) is 59.3 Å². The molecule has 0 aliphatic carbocycles. The quantitative estimate of drug-likeness (QED) is 0.282. The summed E-state index contributed by atoms with van der Waals surface area (Å²) in [5.41, 5.74) is -0.990. The van der Waals surface area contributed by atoms with Crippen LogP contribution in [0.1, 0.15) is 56.7 Å². The van der Waals surface area contributed by atoms with E-state index in [4.69, 9.17) is 13.7 Å². The minimum absolute atomic E-state index is 0.378. The predicted molar refractivity (Wildman–Crippen MR) is 140 cm³/mol. The highest BCUT2D eigenvalue weighted by Gasteiger charge is 2.49. The molecule has 1 aliphatic heterocycles. The lowest BCUT2D eigenvalue weighted by molar-refractivity contribution is 0.303. The molecule has 0 bridgehead atoms. The molecule has 1 fully saturated rings. The van der Waals surface area contributed by atoms with Crippen molar-refractivity contribution in [1.82, 2.24) is 0 Å². The Bertz CT molecular complexity index is 1110. The van der Waals surface area contributed by atoms with Crippen LogP contribution in [0.2, 0.25) is 0 Å². The Labute approximate surface area is 225 Å². The highest BCUT2D eigenvalue weighted by atomic mass is 19.2. The van der Waals surface area contributed by atoms with Gasteiger partial charge in [-0.25, -0.2) is 26.3 Å². The fourth-order valence-corrected chi connectivity index (χ4v) is 4.73. The second kappa shape index (κ2) is 12.7. The maximum atomic E-state index is 15.1. The van der Waals surface area contributed by atoms with Gasteiger partial charge in [0, 0.05) is 0 Å². The van der Waals surface area contributed by atoms with Crippen LogP contribution in [0.5, 0.6) is 0 Å². The van der Waals surface area contributed by atoms with Gasteiger partial charge in [-0.3, -0.25) is 0 Å². The van der Waals surface area contributed by atoms with Crippen molar-refractivity contribution in [3.05, 3.63) is 88.0 Å². The molecular weight excluding hydrogens is 519 g/mol. The molecule has 0 radical (unpaired) electrons. The molecule has 12 heteroatoms. The second-order valence-electron chi connectivity index (χ2n) is 9.57.